The molecule has 0 unspecified atom stereocenters. The van der Waals surface area contributed by atoms with E-state index in [2.05, 4.69) is 0 Å². The minimum atomic E-state index is -3.30. The molecule has 142 valence electrons. The van der Waals surface area contributed by atoms with E-state index in [1.54, 1.807) is 21.9 Å². The predicted molar refractivity (Wildman–Crippen MR) is 91.2 cm³/mol. The fourth-order valence-corrected chi connectivity index (χ4v) is 6.18. The van der Waals surface area contributed by atoms with Crippen LogP contribution in [0.2, 0.25) is 0 Å². The molecule has 0 spiro atoms. The van der Waals surface area contributed by atoms with Crippen LogP contribution in [0.1, 0.15) is 23.4 Å². The van der Waals surface area contributed by atoms with Gasteiger partial charge in [0.2, 0.25) is 5.91 Å². The first-order valence-electron chi connectivity index (χ1n) is 8.89. The fraction of sp³-hybridized carbons (Fsp3) is 0.647. The molecule has 0 bridgehead atoms. The van der Waals surface area contributed by atoms with E-state index >= 15 is 0 Å². The molecule has 1 aromatic heterocycles. The maximum Gasteiger partial charge on any atom is 0.289 e. The zero-order valence-electron chi connectivity index (χ0n) is 14.4. The molecule has 0 radical (unpaired) electrons. The van der Waals surface area contributed by atoms with Gasteiger partial charge in [-0.25, -0.2) is 8.42 Å². The highest BCUT2D eigenvalue weighted by atomic mass is 32.2. The average molecular weight is 382 g/mol. The number of carbonyl (C=O) groups excluding carboxylic acids is 2. The second kappa shape index (κ2) is 6.70. The number of piperazine rings is 1. The lowest BCUT2D eigenvalue weighted by Crippen LogP contribution is -2.62. The summed E-state index contributed by atoms with van der Waals surface area (Å²) < 4.78 is 35.1. The molecule has 8 nitrogen and oxygen atoms in total. The van der Waals surface area contributed by atoms with Crippen molar-refractivity contribution in [3.63, 3.8) is 0 Å². The summed E-state index contributed by atoms with van der Waals surface area (Å²) in [6.07, 6.45) is 2.74. The first kappa shape index (κ1) is 17.5. The second-order valence-corrected chi connectivity index (χ2v) is 9.26. The lowest BCUT2D eigenvalue weighted by atomic mass is 9.95. The molecule has 0 aromatic carbocycles. The molecule has 3 fully saturated rings. The standard InChI is InChI=1S/C17H22N2O6S/c20-16(12-3-8-24-9-4-12)18-5-6-19(17(21)15-2-1-7-25-15)14-11-26(22,23)10-13(14)18/h1-2,7,12-14H,3-6,8-11H2/t13-,14+/m1/s1. The Kier molecular flexibility index (Phi) is 4.52. The first-order valence-corrected chi connectivity index (χ1v) is 10.7. The van der Waals surface area contributed by atoms with Gasteiger partial charge in [0.1, 0.15) is 0 Å². The number of ether oxygens (including phenoxy) is 1. The summed E-state index contributed by atoms with van der Waals surface area (Å²) in [5, 5.41) is 0. The van der Waals surface area contributed by atoms with Gasteiger partial charge in [0.15, 0.2) is 15.6 Å². The highest BCUT2D eigenvalue weighted by Gasteiger charge is 2.50. The second-order valence-electron chi connectivity index (χ2n) is 7.11. The van der Waals surface area contributed by atoms with Crippen LogP contribution in [0.4, 0.5) is 0 Å². The number of fused-ring (bicyclic) bond motifs is 1. The van der Waals surface area contributed by atoms with Gasteiger partial charge in [0.05, 0.1) is 29.9 Å². The molecule has 0 aliphatic carbocycles. The topological polar surface area (TPSA) is 97.1 Å². The van der Waals surface area contributed by atoms with Crippen LogP contribution in [0.3, 0.4) is 0 Å². The summed E-state index contributed by atoms with van der Waals surface area (Å²) in [6, 6.07) is 2.19. The molecule has 3 saturated heterocycles. The van der Waals surface area contributed by atoms with Gasteiger partial charge in [-0.2, -0.15) is 0 Å². The number of hydrogen-bond donors (Lipinski definition) is 0. The summed E-state index contributed by atoms with van der Waals surface area (Å²) in [5.41, 5.74) is 0. The van der Waals surface area contributed by atoms with Crippen molar-refractivity contribution in [2.45, 2.75) is 24.9 Å². The van der Waals surface area contributed by atoms with Crippen molar-refractivity contribution in [3.8, 4) is 0 Å². The molecule has 2 atom stereocenters. The van der Waals surface area contributed by atoms with Crippen molar-refractivity contribution in [1.82, 2.24) is 9.80 Å². The summed E-state index contributed by atoms with van der Waals surface area (Å²) >= 11 is 0. The van der Waals surface area contributed by atoms with Gasteiger partial charge in [-0.05, 0) is 25.0 Å². The van der Waals surface area contributed by atoms with Gasteiger partial charge >= 0.3 is 0 Å². The van der Waals surface area contributed by atoms with Crippen LogP contribution in [-0.2, 0) is 19.4 Å². The molecular weight excluding hydrogens is 360 g/mol. The smallest absolute Gasteiger partial charge is 0.289 e. The van der Waals surface area contributed by atoms with Crippen LogP contribution in [0, 0.1) is 5.92 Å². The Balaban J connectivity index is 1.57. The van der Waals surface area contributed by atoms with Gasteiger partial charge < -0.3 is 19.0 Å². The number of hydrogen-bond acceptors (Lipinski definition) is 6. The maximum atomic E-state index is 13.0. The van der Waals surface area contributed by atoms with Crippen LogP contribution in [0.5, 0.6) is 0 Å². The largest absolute Gasteiger partial charge is 0.459 e. The van der Waals surface area contributed by atoms with Crippen molar-refractivity contribution in [1.29, 1.82) is 0 Å². The molecule has 26 heavy (non-hydrogen) atoms. The third-order valence-corrected chi connectivity index (χ3v) is 7.22. The van der Waals surface area contributed by atoms with Crippen LogP contribution >= 0.6 is 0 Å². The van der Waals surface area contributed by atoms with Crippen LogP contribution in [0.25, 0.3) is 0 Å². The fourth-order valence-electron chi connectivity index (χ4n) is 4.20. The van der Waals surface area contributed by atoms with E-state index < -0.39 is 21.9 Å². The van der Waals surface area contributed by atoms with Crippen molar-refractivity contribution >= 4 is 21.7 Å². The van der Waals surface area contributed by atoms with Crippen LogP contribution in [-0.4, -0.2) is 79.9 Å². The molecule has 3 aliphatic heterocycles. The third kappa shape index (κ3) is 3.14. The van der Waals surface area contributed by atoms with Gasteiger partial charge in [-0.15, -0.1) is 0 Å². The molecule has 4 heterocycles. The molecule has 3 aliphatic rings. The number of furan rings is 1. The monoisotopic (exact) mass is 382 g/mol. The summed E-state index contributed by atoms with van der Waals surface area (Å²) in [5.74, 6) is -0.459. The lowest BCUT2D eigenvalue weighted by molar-refractivity contribution is -0.143. The zero-order valence-corrected chi connectivity index (χ0v) is 15.2. The van der Waals surface area contributed by atoms with E-state index in [1.165, 1.54) is 6.26 Å². The maximum absolute atomic E-state index is 13.0. The average Bonchev–Trinajstić information content (AvgIpc) is 3.27. The van der Waals surface area contributed by atoms with Crippen molar-refractivity contribution in [3.05, 3.63) is 24.2 Å². The molecule has 1 aromatic rings. The van der Waals surface area contributed by atoms with E-state index in [-0.39, 0.29) is 35.0 Å². The number of carbonyl (C=O) groups is 2. The minimum absolute atomic E-state index is 0.00880. The van der Waals surface area contributed by atoms with Gasteiger partial charge in [0.25, 0.3) is 5.91 Å². The predicted octanol–water partition coefficient (Wildman–Crippen LogP) is 0.156. The number of nitrogens with zero attached hydrogens (tertiary/aromatic N) is 2. The highest BCUT2D eigenvalue weighted by Crippen LogP contribution is 2.30. The van der Waals surface area contributed by atoms with Gasteiger partial charge in [-0.3, -0.25) is 9.59 Å². The summed E-state index contributed by atoms with van der Waals surface area (Å²) in [4.78, 5) is 28.9. The number of rotatable bonds is 2. The molecule has 9 heteroatoms. The third-order valence-electron chi connectivity index (χ3n) is 5.52. The Morgan fingerprint density at radius 1 is 1.04 bits per heavy atom. The zero-order chi connectivity index (χ0) is 18.3. The van der Waals surface area contributed by atoms with E-state index in [9.17, 15) is 18.0 Å². The Labute approximate surface area is 152 Å². The molecule has 0 saturated carbocycles. The minimum Gasteiger partial charge on any atom is -0.459 e. The van der Waals surface area contributed by atoms with Crippen molar-refractivity contribution < 1.29 is 27.2 Å². The lowest BCUT2D eigenvalue weighted by Gasteiger charge is -2.44. The summed E-state index contributed by atoms with van der Waals surface area (Å²) in [6.45, 7) is 1.77. The van der Waals surface area contributed by atoms with Crippen molar-refractivity contribution in [2.24, 2.45) is 5.92 Å². The molecule has 0 N–H and O–H groups in total. The van der Waals surface area contributed by atoms with Crippen LogP contribution in [0.15, 0.2) is 22.8 Å². The number of sulfone groups is 1. The first-order chi connectivity index (χ1) is 12.5. The van der Waals surface area contributed by atoms with E-state index in [0.717, 1.165) is 0 Å². The molecule has 4 rings (SSSR count). The van der Waals surface area contributed by atoms with Crippen LogP contribution < -0.4 is 0 Å². The van der Waals surface area contributed by atoms with Crippen molar-refractivity contribution in [2.75, 3.05) is 37.8 Å². The normalized spacial score (nSPS) is 28.8. The summed E-state index contributed by atoms with van der Waals surface area (Å²) in [7, 11) is -3.30. The van der Waals surface area contributed by atoms with Gasteiger partial charge in [-0.1, -0.05) is 0 Å². The highest BCUT2D eigenvalue weighted by molar-refractivity contribution is 7.91. The Bertz CT molecular complexity index is 784. The Hall–Kier alpha value is -1.87. The Morgan fingerprint density at radius 2 is 1.69 bits per heavy atom. The SMILES string of the molecule is O=C(C1CCOCC1)N1CCN(C(=O)c2ccco2)[C@H]2CS(=O)(=O)C[C@H]21. The Morgan fingerprint density at radius 3 is 2.35 bits per heavy atom. The van der Waals surface area contributed by atoms with E-state index in [4.69, 9.17) is 9.15 Å². The molecule has 2 amide bonds. The molecular formula is C17H22N2O6S. The van der Waals surface area contributed by atoms with E-state index in [1.807, 2.05) is 0 Å². The number of amides is 2. The quantitative estimate of drug-likeness (QED) is 0.723. The van der Waals surface area contributed by atoms with Gasteiger partial charge in [0, 0.05) is 32.2 Å². The van der Waals surface area contributed by atoms with E-state index in [0.29, 0.717) is 39.1 Å².